The minimum atomic E-state index is 0.239. The van der Waals surface area contributed by atoms with E-state index in [1.165, 1.54) is 7.11 Å². The van der Waals surface area contributed by atoms with E-state index in [1.807, 2.05) is 6.92 Å². The molecule has 0 heterocycles. The van der Waals surface area contributed by atoms with Gasteiger partial charge >= 0.3 is 0 Å². The van der Waals surface area contributed by atoms with Crippen LogP contribution in [0.5, 0.6) is 11.5 Å². The summed E-state index contributed by atoms with van der Waals surface area (Å²) in [4.78, 5) is 0. The minimum Gasteiger partial charge on any atom is -0.507 e. The normalized spacial score (nSPS) is 10.3. The Kier molecular flexibility index (Phi) is 3.33. The second kappa shape index (κ2) is 4.30. The van der Waals surface area contributed by atoms with Crippen LogP contribution >= 0.6 is 0 Å². The molecule has 0 aliphatic carbocycles. The molecule has 4 heteroatoms. The van der Waals surface area contributed by atoms with Crippen molar-refractivity contribution in [1.82, 2.24) is 5.48 Å². The molecular weight excluding hydrogens is 182 g/mol. The molecule has 4 nitrogen and oxygen atoms in total. The largest absolute Gasteiger partial charge is 0.507 e. The molecule has 0 fully saturated rings. The quantitative estimate of drug-likeness (QED) is 0.642. The zero-order valence-corrected chi connectivity index (χ0v) is 8.59. The minimum absolute atomic E-state index is 0.239. The van der Waals surface area contributed by atoms with Crippen molar-refractivity contribution in [3.63, 3.8) is 0 Å². The number of hydrogen-bond acceptors (Lipinski definition) is 4. The second-order valence-corrected chi connectivity index (χ2v) is 3.19. The molecule has 0 aromatic heterocycles. The highest BCUT2D eigenvalue weighted by molar-refractivity contribution is 5.52. The summed E-state index contributed by atoms with van der Waals surface area (Å²) in [6.07, 6.45) is 0. The summed E-state index contributed by atoms with van der Waals surface area (Å²) in [5.74, 6) is 0.846. The van der Waals surface area contributed by atoms with Gasteiger partial charge in [0.25, 0.3) is 0 Å². The van der Waals surface area contributed by atoms with E-state index in [0.717, 1.165) is 11.1 Å². The molecule has 0 spiro atoms. The first-order chi connectivity index (χ1) is 6.61. The molecule has 0 atom stereocenters. The number of ether oxygens (including phenoxy) is 1. The maximum absolute atomic E-state index is 9.65. The standard InChI is InChI=1S/C10H15NO3/c1-6-4-8(5-11-13)10(14-3)7(2)9(6)12/h4,11-13H,5H2,1-3H3. The smallest absolute Gasteiger partial charge is 0.130 e. The highest BCUT2D eigenvalue weighted by Crippen LogP contribution is 2.33. The predicted molar refractivity (Wildman–Crippen MR) is 52.8 cm³/mol. The summed E-state index contributed by atoms with van der Waals surface area (Å²) >= 11 is 0. The van der Waals surface area contributed by atoms with Crippen LogP contribution in [0.2, 0.25) is 0 Å². The van der Waals surface area contributed by atoms with Gasteiger partial charge in [0, 0.05) is 17.7 Å². The molecule has 0 aliphatic heterocycles. The first-order valence-electron chi connectivity index (χ1n) is 4.34. The number of phenols is 1. The molecule has 1 rings (SSSR count). The fraction of sp³-hybridized carbons (Fsp3) is 0.400. The first-order valence-corrected chi connectivity index (χ1v) is 4.34. The summed E-state index contributed by atoms with van der Waals surface area (Å²) in [7, 11) is 1.54. The molecule has 1 aromatic rings. The van der Waals surface area contributed by atoms with Crippen molar-refractivity contribution in [3.05, 3.63) is 22.8 Å². The Morgan fingerprint density at radius 2 is 2.07 bits per heavy atom. The monoisotopic (exact) mass is 197 g/mol. The summed E-state index contributed by atoms with van der Waals surface area (Å²) in [5.41, 5.74) is 4.36. The van der Waals surface area contributed by atoms with Gasteiger partial charge in [0.15, 0.2) is 0 Å². The fourth-order valence-corrected chi connectivity index (χ4v) is 1.54. The van der Waals surface area contributed by atoms with E-state index in [4.69, 9.17) is 9.94 Å². The average molecular weight is 197 g/mol. The van der Waals surface area contributed by atoms with Crippen molar-refractivity contribution in [2.75, 3.05) is 7.11 Å². The molecule has 0 amide bonds. The molecule has 78 valence electrons. The van der Waals surface area contributed by atoms with Crippen LogP contribution in [0.4, 0.5) is 0 Å². The lowest BCUT2D eigenvalue weighted by Crippen LogP contribution is -2.08. The van der Waals surface area contributed by atoms with E-state index in [2.05, 4.69) is 5.48 Å². The Hall–Kier alpha value is -1.26. The highest BCUT2D eigenvalue weighted by atomic mass is 16.5. The van der Waals surface area contributed by atoms with Crippen molar-refractivity contribution in [2.24, 2.45) is 0 Å². The van der Waals surface area contributed by atoms with E-state index in [1.54, 1.807) is 13.0 Å². The maximum atomic E-state index is 9.65. The van der Waals surface area contributed by atoms with E-state index in [9.17, 15) is 5.11 Å². The zero-order valence-electron chi connectivity index (χ0n) is 8.59. The maximum Gasteiger partial charge on any atom is 0.130 e. The van der Waals surface area contributed by atoms with E-state index < -0.39 is 0 Å². The lowest BCUT2D eigenvalue weighted by molar-refractivity contribution is 0.160. The predicted octanol–water partition coefficient (Wildman–Crippen LogP) is 1.50. The Bertz CT molecular complexity index is 337. The van der Waals surface area contributed by atoms with Gasteiger partial charge in [-0.05, 0) is 25.5 Å². The Morgan fingerprint density at radius 3 is 2.57 bits per heavy atom. The molecule has 0 bridgehead atoms. The number of hydroxylamine groups is 1. The third-order valence-electron chi connectivity index (χ3n) is 2.23. The Labute approximate surface area is 83.1 Å². The number of nitrogens with one attached hydrogen (secondary N) is 1. The molecule has 0 unspecified atom stereocenters. The Morgan fingerprint density at radius 1 is 1.43 bits per heavy atom. The number of benzene rings is 1. The average Bonchev–Trinajstić information content (AvgIpc) is 2.16. The number of methoxy groups -OCH3 is 1. The van der Waals surface area contributed by atoms with Gasteiger partial charge in [-0.3, -0.25) is 0 Å². The Balaban J connectivity index is 3.28. The van der Waals surface area contributed by atoms with Gasteiger partial charge in [-0.1, -0.05) is 0 Å². The van der Waals surface area contributed by atoms with E-state index in [-0.39, 0.29) is 5.75 Å². The van der Waals surface area contributed by atoms with Crippen molar-refractivity contribution in [1.29, 1.82) is 0 Å². The van der Waals surface area contributed by atoms with Gasteiger partial charge in [-0.2, -0.15) is 0 Å². The highest BCUT2D eigenvalue weighted by Gasteiger charge is 2.12. The number of aromatic hydroxyl groups is 1. The molecule has 0 saturated heterocycles. The van der Waals surface area contributed by atoms with Crippen molar-refractivity contribution in [3.8, 4) is 11.5 Å². The van der Waals surface area contributed by atoms with Crippen LogP contribution in [0.1, 0.15) is 16.7 Å². The van der Waals surface area contributed by atoms with Crippen molar-refractivity contribution >= 4 is 0 Å². The first kappa shape index (κ1) is 10.8. The summed E-state index contributed by atoms with van der Waals surface area (Å²) < 4.78 is 5.15. The molecule has 0 aliphatic rings. The lowest BCUT2D eigenvalue weighted by Gasteiger charge is -2.14. The molecule has 3 N–H and O–H groups in total. The summed E-state index contributed by atoms with van der Waals surface area (Å²) in [5, 5.41) is 18.3. The van der Waals surface area contributed by atoms with Crippen LogP contribution in [-0.2, 0) is 6.54 Å². The van der Waals surface area contributed by atoms with Crippen LogP contribution in [-0.4, -0.2) is 17.4 Å². The second-order valence-electron chi connectivity index (χ2n) is 3.19. The van der Waals surface area contributed by atoms with Gasteiger partial charge in [0.2, 0.25) is 0 Å². The van der Waals surface area contributed by atoms with Crippen LogP contribution in [0, 0.1) is 13.8 Å². The summed E-state index contributed by atoms with van der Waals surface area (Å²) in [6.45, 7) is 3.88. The fourth-order valence-electron chi connectivity index (χ4n) is 1.54. The molecule has 0 saturated carbocycles. The van der Waals surface area contributed by atoms with Crippen LogP contribution in [0.3, 0.4) is 0 Å². The van der Waals surface area contributed by atoms with Crippen LogP contribution in [0.25, 0.3) is 0 Å². The third kappa shape index (κ3) is 1.81. The number of phenolic OH excluding ortho intramolecular Hbond substituents is 1. The number of aryl methyl sites for hydroxylation is 1. The SMILES string of the molecule is COc1c(CNO)cc(C)c(O)c1C. The van der Waals surface area contributed by atoms with Crippen molar-refractivity contribution < 1.29 is 15.1 Å². The number of hydrogen-bond donors (Lipinski definition) is 3. The van der Waals surface area contributed by atoms with Gasteiger partial charge in [0.05, 0.1) is 7.11 Å². The van der Waals surface area contributed by atoms with Crippen LogP contribution < -0.4 is 10.2 Å². The number of rotatable bonds is 3. The molecular formula is C10H15NO3. The molecule has 0 radical (unpaired) electrons. The van der Waals surface area contributed by atoms with Gasteiger partial charge in [-0.15, -0.1) is 0 Å². The van der Waals surface area contributed by atoms with Crippen LogP contribution in [0.15, 0.2) is 6.07 Å². The molecule has 1 aromatic carbocycles. The summed E-state index contributed by atoms with van der Waals surface area (Å²) in [6, 6.07) is 1.78. The lowest BCUT2D eigenvalue weighted by atomic mass is 10.0. The molecule has 14 heavy (non-hydrogen) atoms. The van der Waals surface area contributed by atoms with Gasteiger partial charge in [0.1, 0.15) is 11.5 Å². The van der Waals surface area contributed by atoms with Gasteiger partial charge < -0.3 is 15.1 Å². The van der Waals surface area contributed by atoms with Gasteiger partial charge in [-0.25, -0.2) is 5.48 Å². The third-order valence-corrected chi connectivity index (χ3v) is 2.23. The topological polar surface area (TPSA) is 61.7 Å². The van der Waals surface area contributed by atoms with E-state index >= 15 is 0 Å². The van der Waals surface area contributed by atoms with E-state index in [0.29, 0.717) is 17.9 Å². The van der Waals surface area contributed by atoms with Crippen molar-refractivity contribution in [2.45, 2.75) is 20.4 Å². The zero-order chi connectivity index (χ0) is 10.7.